The predicted octanol–water partition coefficient (Wildman–Crippen LogP) is 0.825. The molecule has 1 unspecified atom stereocenters. The number of rotatable bonds is 8. The summed E-state index contributed by atoms with van der Waals surface area (Å²) in [4.78, 5) is 0.0153. The van der Waals surface area contributed by atoms with Crippen molar-refractivity contribution in [1.82, 2.24) is 14.5 Å². The first-order valence-corrected chi connectivity index (χ1v) is 8.23. The number of aromatic nitrogens is 2. The fraction of sp³-hybridized carbons (Fsp3) is 0.750. The maximum Gasteiger partial charge on any atom is 0.246 e. The summed E-state index contributed by atoms with van der Waals surface area (Å²) in [5, 5.41) is 3.95. The van der Waals surface area contributed by atoms with Gasteiger partial charge < -0.3 is 10.5 Å². The Morgan fingerprint density at radius 1 is 1.45 bits per heavy atom. The molecule has 0 bridgehead atoms. The zero-order valence-corrected chi connectivity index (χ0v) is 13.3. The highest BCUT2D eigenvalue weighted by molar-refractivity contribution is 7.89. The topological polar surface area (TPSA) is 99.2 Å². The van der Waals surface area contributed by atoms with Gasteiger partial charge >= 0.3 is 0 Å². The van der Waals surface area contributed by atoms with Gasteiger partial charge in [0, 0.05) is 25.4 Å². The van der Waals surface area contributed by atoms with Crippen LogP contribution in [0.25, 0.3) is 0 Å². The summed E-state index contributed by atoms with van der Waals surface area (Å²) < 4.78 is 34.2. The number of ether oxygens (including phenoxy) is 1. The van der Waals surface area contributed by atoms with Gasteiger partial charge in [0.15, 0.2) is 5.82 Å². The molecule has 8 heteroatoms. The summed E-state index contributed by atoms with van der Waals surface area (Å²) in [6.07, 6.45) is 1.44. The van der Waals surface area contributed by atoms with E-state index in [0.29, 0.717) is 19.8 Å². The van der Waals surface area contributed by atoms with Crippen LogP contribution in [0.3, 0.4) is 0 Å². The molecule has 0 saturated carbocycles. The molecular weight excluding hydrogens is 280 g/mol. The standard InChI is InChI=1S/C12H24N4O3S/c1-5-16-7-11(12(13)14-16)20(17,18)15-10(9(3)4)8-19-6-2/h7,9-10,15H,5-6,8H2,1-4H3,(H2,13,14). The third-order valence-corrected chi connectivity index (χ3v) is 4.49. The van der Waals surface area contributed by atoms with Crippen LogP contribution in [0.1, 0.15) is 27.7 Å². The Labute approximate surface area is 120 Å². The molecule has 0 spiro atoms. The number of nitrogens with one attached hydrogen (secondary N) is 1. The minimum atomic E-state index is -3.69. The lowest BCUT2D eigenvalue weighted by atomic mass is 10.1. The van der Waals surface area contributed by atoms with Gasteiger partial charge in [0.05, 0.1) is 6.61 Å². The summed E-state index contributed by atoms with van der Waals surface area (Å²) in [5.74, 6) is 0.122. The highest BCUT2D eigenvalue weighted by Gasteiger charge is 2.26. The van der Waals surface area contributed by atoms with E-state index in [0.717, 1.165) is 0 Å². The molecule has 0 aliphatic rings. The van der Waals surface area contributed by atoms with Crippen molar-refractivity contribution in [2.24, 2.45) is 5.92 Å². The molecule has 7 nitrogen and oxygen atoms in total. The van der Waals surface area contributed by atoms with E-state index in [1.54, 1.807) is 0 Å². The SMILES string of the molecule is CCOCC(NS(=O)(=O)c1cn(CC)nc1N)C(C)C. The molecular formula is C12H24N4O3S. The second-order valence-electron chi connectivity index (χ2n) is 4.87. The van der Waals surface area contributed by atoms with Crippen LogP contribution < -0.4 is 10.5 Å². The van der Waals surface area contributed by atoms with Gasteiger partial charge in [-0.1, -0.05) is 13.8 Å². The maximum absolute atomic E-state index is 12.4. The van der Waals surface area contributed by atoms with E-state index in [9.17, 15) is 8.42 Å². The van der Waals surface area contributed by atoms with Gasteiger partial charge in [-0.3, -0.25) is 4.68 Å². The van der Waals surface area contributed by atoms with Crippen LogP contribution in [0.4, 0.5) is 5.82 Å². The lowest BCUT2D eigenvalue weighted by Crippen LogP contribution is -2.41. The van der Waals surface area contributed by atoms with E-state index in [-0.39, 0.29) is 22.7 Å². The van der Waals surface area contributed by atoms with Crippen molar-refractivity contribution in [2.45, 2.75) is 45.2 Å². The summed E-state index contributed by atoms with van der Waals surface area (Å²) in [6.45, 7) is 9.04. The summed E-state index contributed by atoms with van der Waals surface area (Å²) in [7, 11) is -3.69. The molecule has 1 heterocycles. The van der Waals surface area contributed by atoms with E-state index in [1.807, 2.05) is 27.7 Å². The summed E-state index contributed by atoms with van der Waals surface area (Å²) in [5.41, 5.74) is 5.67. The van der Waals surface area contributed by atoms with E-state index < -0.39 is 10.0 Å². The number of hydrogen-bond acceptors (Lipinski definition) is 5. The maximum atomic E-state index is 12.4. The van der Waals surface area contributed by atoms with Gasteiger partial charge in [-0.05, 0) is 19.8 Å². The number of hydrogen-bond donors (Lipinski definition) is 2. The van der Waals surface area contributed by atoms with Gasteiger partial charge in [-0.25, -0.2) is 13.1 Å². The molecule has 0 radical (unpaired) electrons. The molecule has 0 saturated heterocycles. The Balaban J connectivity index is 2.94. The number of anilines is 1. The van der Waals surface area contributed by atoms with Gasteiger partial charge in [-0.2, -0.15) is 5.10 Å². The van der Waals surface area contributed by atoms with Gasteiger partial charge in [0.1, 0.15) is 4.90 Å². The molecule has 1 aromatic rings. The molecule has 116 valence electrons. The Kier molecular flexibility index (Phi) is 5.97. The first kappa shape index (κ1) is 16.9. The number of sulfonamides is 1. The van der Waals surface area contributed by atoms with Crippen molar-refractivity contribution >= 4 is 15.8 Å². The van der Waals surface area contributed by atoms with Crippen LogP contribution in [0.5, 0.6) is 0 Å². The molecule has 0 fully saturated rings. The third kappa shape index (κ3) is 4.19. The number of nitrogen functional groups attached to an aromatic ring is 1. The monoisotopic (exact) mass is 304 g/mol. The average Bonchev–Trinajstić information content (AvgIpc) is 2.76. The molecule has 3 N–H and O–H groups in total. The minimum absolute atomic E-state index is 0.0123. The van der Waals surface area contributed by atoms with Crippen LogP contribution in [-0.2, 0) is 21.3 Å². The Bertz CT molecular complexity index is 525. The lowest BCUT2D eigenvalue weighted by molar-refractivity contribution is 0.116. The minimum Gasteiger partial charge on any atom is -0.381 e. The van der Waals surface area contributed by atoms with Crippen LogP contribution in [-0.4, -0.2) is 37.5 Å². The zero-order chi connectivity index (χ0) is 15.3. The van der Waals surface area contributed by atoms with Crippen LogP contribution >= 0.6 is 0 Å². The van der Waals surface area contributed by atoms with E-state index >= 15 is 0 Å². The Morgan fingerprint density at radius 3 is 2.55 bits per heavy atom. The van der Waals surface area contributed by atoms with Crippen LogP contribution in [0.15, 0.2) is 11.1 Å². The smallest absolute Gasteiger partial charge is 0.246 e. The van der Waals surface area contributed by atoms with E-state index in [2.05, 4.69) is 9.82 Å². The zero-order valence-electron chi connectivity index (χ0n) is 12.5. The van der Waals surface area contributed by atoms with E-state index in [4.69, 9.17) is 10.5 Å². The van der Waals surface area contributed by atoms with Crippen molar-refractivity contribution in [2.75, 3.05) is 18.9 Å². The largest absolute Gasteiger partial charge is 0.381 e. The summed E-state index contributed by atoms with van der Waals surface area (Å²) >= 11 is 0. The number of nitrogens with zero attached hydrogens (tertiary/aromatic N) is 2. The molecule has 0 amide bonds. The van der Waals surface area contributed by atoms with Crippen LogP contribution in [0.2, 0.25) is 0 Å². The quantitative estimate of drug-likeness (QED) is 0.741. The molecule has 20 heavy (non-hydrogen) atoms. The average molecular weight is 304 g/mol. The highest BCUT2D eigenvalue weighted by Crippen LogP contribution is 2.17. The van der Waals surface area contributed by atoms with E-state index in [1.165, 1.54) is 10.9 Å². The summed E-state index contributed by atoms with van der Waals surface area (Å²) in [6, 6.07) is -0.302. The fourth-order valence-corrected chi connectivity index (χ4v) is 3.10. The lowest BCUT2D eigenvalue weighted by Gasteiger charge is -2.21. The first-order valence-electron chi connectivity index (χ1n) is 6.74. The molecule has 0 aliphatic heterocycles. The molecule has 1 rings (SSSR count). The molecule has 0 aliphatic carbocycles. The van der Waals surface area contributed by atoms with Gasteiger partial charge in [0.2, 0.25) is 10.0 Å². The molecule has 1 aromatic heterocycles. The van der Waals surface area contributed by atoms with Crippen molar-refractivity contribution in [3.05, 3.63) is 6.20 Å². The second kappa shape index (κ2) is 7.05. The number of nitrogens with two attached hydrogens (primary N) is 1. The second-order valence-corrected chi connectivity index (χ2v) is 6.55. The van der Waals surface area contributed by atoms with Crippen molar-refractivity contribution in [1.29, 1.82) is 0 Å². The van der Waals surface area contributed by atoms with Gasteiger partial charge in [-0.15, -0.1) is 0 Å². The Morgan fingerprint density at radius 2 is 2.10 bits per heavy atom. The predicted molar refractivity (Wildman–Crippen MR) is 77.8 cm³/mol. The van der Waals surface area contributed by atoms with Crippen molar-refractivity contribution in [3.63, 3.8) is 0 Å². The van der Waals surface area contributed by atoms with Crippen LogP contribution in [0, 0.1) is 5.92 Å². The van der Waals surface area contributed by atoms with Gasteiger partial charge in [0.25, 0.3) is 0 Å². The Hall–Kier alpha value is -1.12. The van der Waals surface area contributed by atoms with Crippen molar-refractivity contribution in [3.8, 4) is 0 Å². The fourth-order valence-electron chi connectivity index (χ4n) is 1.66. The number of aryl methyl sites for hydroxylation is 1. The molecule has 1 atom stereocenters. The molecule has 0 aromatic carbocycles. The third-order valence-electron chi connectivity index (χ3n) is 2.98. The normalized spacial score (nSPS) is 13.8. The highest BCUT2D eigenvalue weighted by atomic mass is 32.2. The van der Waals surface area contributed by atoms with Crippen molar-refractivity contribution < 1.29 is 13.2 Å². The first-order chi connectivity index (χ1) is 9.31.